The molecule has 2 unspecified atom stereocenters. The van der Waals surface area contributed by atoms with Crippen LogP contribution in [0.15, 0.2) is 24.3 Å². The first-order valence-corrected chi connectivity index (χ1v) is 6.99. The highest BCUT2D eigenvalue weighted by molar-refractivity contribution is 5.83. The number of carbonyl (C=O) groups excluding carboxylic acids is 1. The van der Waals surface area contributed by atoms with Crippen molar-refractivity contribution < 1.29 is 9.90 Å². The molecule has 0 radical (unpaired) electrons. The van der Waals surface area contributed by atoms with Crippen LogP contribution in [-0.4, -0.2) is 30.2 Å². The van der Waals surface area contributed by atoms with E-state index in [9.17, 15) is 9.90 Å². The predicted octanol–water partition coefficient (Wildman–Crippen LogP) is 1.15. The Labute approximate surface area is 114 Å². The van der Waals surface area contributed by atoms with E-state index in [1.807, 2.05) is 25.1 Å². The third-order valence-corrected chi connectivity index (χ3v) is 3.62. The minimum atomic E-state index is -0.327. The quantitative estimate of drug-likeness (QED) is 0.746. The highest BCUT2D eigenvalue weighted by Crippen LogP contribution is 2.22. The number of nitrogens with one attached hydrogen (secondary N) is 2. The molecular weight excluding hydrogens is 240 g/mol. The zero-order valence-corrected chi connectivity index (χ0v) is 11.4. The number of hydrogen-bond acceptors (Lipinski definition) is 3. The van der Waals surface area contributed by atoms with Crippen molar-refractivity contribution in [2.45, 2.75) is 38.3 Å². The first kappa shape index (κ1) is 14.0. The van der Waals surface area contributed by atoms with Crippen molar-refractivity contribution in [3.63, 3.8) is 0 Å². The third kappa shape index (κ3) is 3.55. The lowest BCUT2D eigenvalue weighted by atomic mass is 9.94. The predicted molar refractivity (Wildman–Crippen MR) is 74.8 cm³/mol. The molecule has 0 saturated heterocycles. The second-order valence-corrected chi connectivity index (χ2v) is 4.98. The van der Waals surface area contributed by atoms with Crippen LogP contribution in [0.3, 0.4) is 0 Å². The maximum absolute atomic E-state index is 12.2. The SMILES string of the molecule is CCC(O)CCNC(=O)C1NCCc2ccccc21. The number of rotatable bonds is 5. The Morgan fingerprint density at radius 2 is 2.32 bits per heavy atom. The van der Waals surface area contributed by atoms with Crippen LogP contribution in [0.4, 0.5) is 0 Å². The van der Waals surface area contributed by atoms with Crippen molar-refractivity contribution in [3.8, 4) is 0 Å². The standard InChI is InChI=1S/C15H22N2O2/c1-2-12(18)8-10-17-15(19)14-13-6-4-3-5-11(13)7-9-16-14/h3-6,12,14,16,18H,2,7-10H2,1H3,(H,17,19). The second-order valence-electron chi connectivity index (χ2n) is 4.98. The van der Waals surface area contributed by atoms with Crippen LogP contribution in [0, 0.1) is 0 Å². The zero-order valence-electron chi connectivity index (χ0n) is 11.4. The number of aliphatic hydroxyl groups is 1. The first-order valence-electron chi connectivity index (χ1n) is 6.99. The monoisotopic (exact) mass is 262 g/mol. The number of benzene rings is 1. The summed E-state index contributed by atoms with van der Waals surface area (Å²) in [6, 6.07) is 7.80. The Hall–Kier alpha value is -1.39. The first-order chi connectivity index (χ1) is 9.22. The lowest BCUT2D eigenvalue weighted by molar-refractivity contribution is -0.123. The number of hydrogen-bond donors (Lipinski definition) is 3. The fourth-order valence-corrected chi connectivity index (χ4v) is 2.41. The summed E-state index contributed by atoms with van der Waals surface area (Å²) >= 11 is 0. The molecule has 0 saturated carbocycles. The van der Waals surface area contributed by atoms with Crippen LogP contribution >= 0.6 is 0 Å². The van der Waals surface area contributed by atoms with Gasteiger partial charge in [0.25, 0.3) is 0 Å². The average molecular weight is 262 g/mol. The third-order valence-electron chi connectivity index (χ3n) is 3.62. The van der Waals surface area contributed by atoms with Gasteiger partial charge >= 0.3 is 0 Å². The molecule has 19 heavy (non-hydrogen) atoms. The highest BCUT2D eigenvalue weighted by Gasteiger charge is 2.25. The fraction of sp³-hybridized carbons (Fsp3) is 0.533. The van der Waals surface area contributed by atoms with Crippen LogP contribution in [0.2, 0.25) is 0 Å². The summed E-state index contributed by atoms with van der Waals surface area (Å²) in [5, 5.41) is 15.6. The summed E-state index contributed by atoms with van der Waals surface area (Å²) in [4.78, 5) is 12.2. The molecule has 4 heteroatoms. The Balaban J connectivity index is 1.93. The number of amides is 1. The molecule has 0 fully saturated rings. The summed E-state index contributed by atoms with van der Waals surface area (Å²) in [5.41, 5.74) is 2.32. The molecule has 2 atom stereocenters. The molecular formula is C15H22N2O2. The normalized spacial score (nSPS) is 19.6. The van der Waals surface area contributed by atoms with Crippen LogP contribution in [0.5, 0.6) is 0 Å². The molecule has 2 rings (SSSR count). The Bertz CT molecular complexity index is 434. The Morgan fingerprint density at radius 1 is 1.53 bits per heavy atom. The molecule has 104 valence electrons. The Kier molecular flexibility index (Phi) is 4.93. The van der Waals surface area contributed by atoms with Gasteiger partial charge in [0.2, 0.25) is 5.91 Å². The van der Waals surface area contributed by atoms with Gasteiger partial charge in [0.05, 0.1) is 6.10 Å². The van der Waals surface area contributed by atoms with Crippen LogP contribution in [-0.2, 0) is 11.2 Å². The molecule has 1 aliphatic rings. The maximum Gasteiger partial charge on any atom is 0.241 e. The van der Waals surface area contributed by atoms with E-state index in [1.54, 1.807) is 0 Å². The zero-order chi connectivity index (χ0) is 13.7. The molecule has 1 aliphatic heterocycles. The molecule has 1 aromatic carbocycles. The van der Waals surface area contributed by atoms with Gasteiger partial charge in [0.15, 0.2) is 0 Å². The van der Waals surface area contributed by atoms with Gasteiger partial charge in [-0.2, -0.15) is 0 Å². The van der Waals surface area contributed by atoms with Gasteiger partial charge in [-0.1, -0.05) is 31.2 Å². The van der Waals surface area contributed by atoms with Gasteiger partial charge in [-0.15, -0.1) is 0 Å². The van der Waals surface area contributed by atoms with E-state index in [-0.39, 0.29) is 18.1 Å². The van der Waals surface area contributed by atoms with Crippen LogP contribution in [0.25, 0.3) is 0 Å². The molecule has 3 N–H and O–H groups in total. The van der Waals surface area contributed by atoms with E-state index < -0.39 is 0 Å². The fourth-order valence-electron chi connectivity index (χ4n) is 2.41. The topological polar surface area (TPSA) is 61.4 Å². The van der Waals surface area contributed by atoms with E-state index in [0.29, 0.717) is 13.0 Å². The lowest BCUT2D eigenvalue weighted by Gasteiger charge is -2.26. The van der Waals surface area contributed by atoms with E-state index in [0.717, 1.165) is 24.9 Å². The summed E-state index contributed by atoms with van der Waals surface area (Å²) in [6.45, 7) is 3.28. The van der Waals surface area contributed by atoms with Gasteiger partial charge in [-0.25, -0.2) is 0 Å². The van der Waals surface area contributed by atoms with Crippen molar-refractivity contribution in [2.75, 3.05) is 13.1 Å². The van der Waals surface area contributed by atoms with Crippen molar-refractivity contribution in [1.82, 2.24) is 10.6 Å². The smallest absolute Gasteiger partial charge is 0.241 e. The minimum Gasteiger partial charge on any atom is -0.393 e. The molecule has 1 aromatic rings. The lowest BCUT2D eigenvalue weighted by Crippen LogP contribution is -2.42. The van der Waals surface area contributed by atoms with Gasteiger partial charge in [-0.3, -0.25) is 4.79 Å². The largest absolute Gasteiger partial charge is 0.393 e. The van der Waals surface area contributed by atoms with E-state index in [4.69, 9.17) is 0 Å². The minimum absolute atomic E-state index is 0.00421. The molecule has 0 spiro atoms. The molecule has 0 aliphatic carbocycles. The number of aliphatic hydroxyl groups excluding tert-OH is 1. The number of fused-ring (bicyclic) bond motifs is 1. The van der Waals surface area contributed by atoms with Crippen LogP contribution < -0.4 is 10.6 Å². The van der Waals surface area contributed by atoms with Gasteiger partial charge in [0, 0.05) is 13.1 Å². The second kappa shape index (κ2) is 6.68. The maximum atomic E-state index is 12.2. The van der Waals surface area contributed by atoms with Gasteiger partial charge in [0.1, 0.15) is 6.04 Å². The highest BCUT2D eigenvalue weighted by atomic mass is 16.3. The van der Waals surface area contributed by atoms with Crippen molar-refractivity contribution in [1.29, 1.82) is 0 Å². The van der Waals surface area contributed by atoms with E-state index in [2.05, 4.69) is 16.7 Å². The summed E-state index contributed by atoms with van der Waals surface area (Å²) < 4.78 is 0. The van der Waals surface area contributed by atoms with Crippen LogP contribution in [0.1, 0.15) is 36.9 Å². The molecule has 0 bridgehead atoms. The van der Waals surface area contributed by atoms with E-state index in [1.165, 1.54) is 5.56 Å². The summed E-state index contributed by atoms with van der Waals surface area (Å²) in [6.07, 6.45) is 1.97. The summed E-state index contributed by atoms with van der Waals surface area (Å²) in [5.74, 6) is -0.00421. The van der Waals surface area contributed by atoms with Crippen molar-refractivity contribution >= 4 is 5.91 Å². The molecule has 4 nitrogen and oxygen atoms in total. The van der Waals surface area contributed by atoms with Crippen molar-refractivity contribution in [2.24, 2.45) is 0 Å². The average Bonchev–Trinajstić information content (AvgIpc) is 2.46. The van der Waals surface area contributed by atoms with Gasteiger partial charge < -0.3 is 15.7 Å². The Morgan fingerprint density at radius 3 is 3.11 bits per heavy atom. The molecule has 0 aromatic heterocycles. The molecule has 1 amide bonds. The number of carbonyl (C=O) groups is 1. The van der Waals surface area contributed by atoms with Gasteiger partial charge in [-0.05, 0) is 30.4 Å². The van der Waals surface area contributed by atoms with Crippen molar-refractivity contribution in [3.05, 3.63) is 35.4 Å². The van der Waals surface area contributed by atoms with E-state index >= 15 is 0 Å². The summed E-state index contributed by atoms with van der Waals surface area (Å²) in [7, 11) is 0. The molecule has 1 heterocycles.